The van der Waals surface area contributed by atoms with Gasteiger partial charge in [-0.25, -0.2) is 0 Å². The van der Waals surface area contributed by atoms with Gasteiger partial charge in [-0.2, -0.15) is 0 Å². The van der Waals surface area contributed by atoms with Crippen molar-refractivity contribution in [3.05, 3.63) is 48.5 Å². The number of hydrogen-bond donors (Lipinski definition) is 2. The van der Waals surface area contributed by atoms with Crippen LogP contribution in [0.5, 0.6) is 0 Å². The molecule has 2 aromatic carbocycles. The number of benzene rings is 2. The fourth-order valence-corrected chi connectivity index (χ4v) is 4.62. The van der Waals surface area contributed by atoms with Crippen molar-refractivity contribution in [2.75, 3.05) is 23.7 Å². The molecule has 0 fully saturated rings. The van der Waals surface area contributed by atoms with Crippen molar-refractivity contribution in [1.29, 1.82) is 0 Å². The molecule has 0 aromatic heterocycles. The van der Waals surface area contributed by atoms with Gasteiger partial charge in [-0.3, -0.25) is 9.98 Å². The molecule has 0 bridgehead atoms. The van der Waals surface area contributed by atoms with E-state index in [2.05, 4.69) is 79.9 Å². The van der Waals surface area contributed by atoms with Gasteiger partial charge in [-0.15, -0.1) is 0 Å². The molecule has 2 N–H and O–H groups in total. The highest BCUT2D eigenvalue weighted by molar-refractivity contribution is 6.31. The topological polar surface area (TPSA) is 48.8 Å². The van der Waals surface area contributed by atoms with Crippen LogP contribution in [0.1, 0.15) is 124 Å². The van der Waals surface area contributed by atoms with Crippen molar-refractivity contribution in [2.24, 2.45) is 9.98 Å². The molecular formula is C35H56N4. The molecule has 0 spiro atoms. The molecule has 0 saturated carbocycles. The van der Waals surface area contributed by atoms with Crippen LogP contribution in [0.2, 0.25) is 0 Å². The van der Waals surface area contributed by atoms with Crippen LogP contribution >= 0.6 is 0 Å². The average molecular weight is 533 g/mol. The Morgan fingerprint density at radius 2 is 0.974 bits per heavy atom. The van der Waals surface area contributed by atoms with Gasteiger partial charge in [-0.1, -0.05) is 97.8 Å². The Balaban J connectivity index is 1.84. The number of hydrogen-bond acceptors (Lipinski definition) is 4. The second-order valence-corrected chi connectivity index (χ2v) is 10.8. The third kappa shape index (κ3) is 16.2. The van der Waals surface area contributed by atoms with E-state index in [-0.39, 0.29) is 0 Å². The summed E-state index contributed by atoms with van der Waals surface area (Å²) in [5.74, 6) is 0. The molecule has 0 amide bonds. The first-order valence-electron chi connectivity index (χ1n) is 16.0. The highest BCUT2D eigenvalue weighted by Gasteiger charge is 2.01. The van der Waals surface area contributed by atoms with E-state index in [0.717, 1.165) is 43.0 Å². The van der Waals surface area contributed by atoms with Gasteiger partial charge in [0.15, 0.2) is 0 Å². The van der Waals surface area contributed by atoms with Crippen molar-refractivity contribution in [2.45, 2.75) is 124 Å². The van der Waals surface area contributed by atoms with Gasteiger partial charge in [-0.05, 0) is 74.2 Å². The monoisotopic (exact) mass is 532 g/mol. The van der Waals surface area contributed by atoms with E-state index in [0.29, 0.717) is 0 Å². The number of anilines is 2. The fourth-order valence-electron chi connectivity index (χ4n) is 4.62. The summed E-state index contributed by atoms with van der Waals surface area (Å²) in [5.41, 5.74) is 5.35. The molecule has 2 aromatic rings. The van der Waals surface area contributed by atoms with E-state index in [1.165, 1.54) is 101 Å². The summed E-state index contributed by atoms with van der Waals surface area (Å²) in [4.78, 5) is 9.71. The zero-order chi connectivity index (χ0) is 27.8. The van der Waals surface area contributed by atoms with Gasteiger partial charge in [0.2, 0.25) is 0 Å². The van der Waals surface area contributed by atoms with Gasteiger partial charge in [0.25, 0.3) is 0 Å². The minimum absolute atomic E-state index is 0.952. The molecule has 0 saturated heterocycles. The maximum absolute atomic E-state index is 4.95. The lowest BCUT2D eigenvalue weighted by molar-refractivity contribution is 0.617. The highest BCUT2D eigenvalue weighted by atomic mass is 14.9. The Bertz CT molecular complexity index is 899. The van der Waals surface area contributed by atoms with E-state index in [1.807, 2.05) is 6.21 Å². The van der Waals surface area contributed by atoms with Crippen LogP contribution in [-0.2, 0) is 0 Å². The Morgan fingerprint density at radius 1 is 0.538 bits per heavy atom. The summed E-state index contributed by atoms with van der Waals surface area (Å²) in [7, 11) is 0. The molecule has 4 heteroatoms. The Morgan fingerprint density at radius 3 is 1.49 bits per heavy atom. The summed E-state index contributed by atoms with van der Waals surface area (Å²) in [6.45, 7) is 8.85. The molecule has 0 aliphatic rings. The van der Waals surface area contributed by atoms with Crippen molar-refractivity contribution in [1.82, 2.24) is 0 Å². The lowest BCUT2D eigenvalue weighted by atomic mass is 10.1. The fraction of sp³-hybridized carbons (Fsp3) is 0.600. The lowest BCUT2D eigenvalue weighted by Gasteiger charge is -2.07. The summed E-state index contributed by atoms with van der Waals surface area (Å²) in [5, 5.41) is 7.10. The maximum Gasteiger partial charge on any atom is 0.0635 e. The molecule has 216 valence electrons. The molecule has 2 rings (SSSR count). The van der Waals surface area contributed by atoms with Gasteiger partial charge < -0.3 is 10.6 Å². The smallest absolute Gasteiger partial charge is 0.0635 e. The average Bonchev–Trinajstić information content (AvgIpc) is 2.96. The predicted molar refractivity (Wildman–Crippen MR) is 176 cm³/mol. The largest absolute Gasteiger partial charge is 0.385 e. The Labute approximate surface area is 240 Å². The van der Waals surface area contributed by atoms with Gasteiger partial charge in [0.1, 0.15) is 0 Å². The van der Waals surface area contributed by atoms with E-state index in [9.17, 15) is 0 Å². The molecule has 0 unspecified atom stereocenters. The van der Waals surface area contributed by atoms with Crippen molar-refractivity contribution >= 4 is 34.7 Å². The Kier molecular flexibility index (Phi) is 18.6. The number of nitrogens with zero attached hydrogens (tertiary/aromatic N) is 2. The molecule has 0 radical (unpaired) electrons. The van der Waals surface area contributed by atoms with Gasteiger partial charge in [0.05, 0.1) is 17.1 Å². The number of rotatable bonds is 23. The zero-order valence-electron chi connectivity index (χ0n) is 25.3. The summed E-state index contributed by atoms with van der Waals surface area (Å²) in [6, 6.07) is 17.0. The van der Waals surface area contributed by atoms with Gasteiger partial charge >= 0.3 is 0 Å². The molecule has 0 atom stereocenters. The lowest BCUT2D eigenvalue weighted by Crippen LogP contribution is -2.01. The quantitative estimate of drug-likeness (QED) is 0.110. The van der Waals surface area contributed by atoms with Crippen molar-refractivity contribution in [3.63, 3.8) is 0 Å². The number of unbranched alkanes of at least 4 members (excludes halogenated alkanes) is 12. The zero-order valence-corrected chi connectivity index (χ0v) is 25.3. The van der Waals surface area contributed by atoms with Crippen LogP contribution in [-0.4, -0.2) is 25.0 Å². The molecular weight excluding hydrogens is 476 g/mol. The summed E-state index contributed by atoms with van der Waals surface area (Å²) >= 11 is 0. The predicted octanol–water partition coefficient (Wildman–Crippen LogP) is 11.3. The molecule has 39 heavy (non-hydrogen) atoms. The minimum atomic E-state index is 0.952. The minimum Gasteiger partial charge on any atom is -0.385 e. The van der Waals surface area contributed by atoms with Crippen LogP contribution in [0.4, 0.5) is 22.7 Å². The molecule has 0 aliphatic carbocycles. The Hall–Kier alpha value is -2.62. The van der Waals surface area contributed by atoms with Crippen LogP contribution in [0.3, 0.4) is 0 Å². The van der Waals surface area contributed by atoms with E-state index in [4.69, 9.17) is 9.98 Å². The van der Waals surface area contributed by atoms with Crippen LogP contribution < -0.4 is 10.6 Å². The molecule has 4 nitrogen and oxygen atoms in total. The molecule has 0 aliphatic heterocycles. The summed E-state index contributed by atoms with van der Waals surface area (Å²) < 4.78 is 0. The highest BCUT2D eigenvalue weighted by Crippen LogP contribution is 2.20. The summed E-state index contributed by atoms with van der Waals surface area (Å²) in [6.07, 6.45) is 22.4. The first-order valence-corrected chi connectivity index (χ1v) is 16.0. The second kappa shape index (κ2) is 22.2. The van der Waals surface area contributed by atoms with Gasteiger partial charge in [0, 0.05) is 30.7 Å². The standard InChI is InChI=1S/C35H56N4/c1-4-7-10-12-14-17-28-36-31-20-22-33(23-21-31)38-30-35(19-16-9-6-3)39-34-26-24-32(25-27-34)37-29-18-15-13-11-8-5-2/h20-27,30,36-37H,4-19,28-29H2,1-3H3. The normalized spacial score (nSPS) is 11.8. The van der Waals surface area contributed by atoms with E-state index >= 15 is 0 Å². The van der Waals surface area contributed by atoms with E-state index in [1.54, 1.807) is 0 Å². The second-order valence-electron chi connectivity index (χ2n) is 10.8. The first-order chi connectivity index (χ1) is 19.2. The number of aliphatic imine (C=N–C) groups is 2. The van der Waals surface area contributed by atoms with Crippen molar-refractivity contribution < 1.29 is 0 Å². The molecule has 0 heterocycles. The number of nitrogens with one attached hydrogen (secondary N) is 2. The maximum atomic E-state index is 4.95. The van der Waals surface area contributed by atoms with E-state index < -0.39 is 0 Å². The first kappa shape index (κ1) is 32.6. The third-order valence-electron chi connectivity index (χ3n) is 7.13. The SMILES string of the molecule is CCCCCCCCNc1ccc(N=CC(CCCCC)=Nc2ccc(NCCCCCCCC)cc2)cc1. The van der Waals surface area contributed by atoms with Crippen LogP contribution in [0.15, 0.2) is 58.5 Å². The van der Waals surface area contributed by atoms with Crippen LogP contribution in [0, 0.1) is 0 Å². The third-order valence-corrected chi connectivity index (χ3v) is 7.13. The van der Waals surface area contributed by atoms with Crippen LogP contribution in [0.25, 0.3) is 0 Å². The van der Waals surface area contributed by atoms with Crippen molar-refractivity contribution in [3.8, 4) is 0 Å².